The van der Waals surface area contributed by atoms with E-state index in [9.17, 15) is 27.6 Å². The third kappa shape index (κ3) is 13.7. The molecular weight excluding hydrogens is 504 g/mol. The van der Waals surface area contributed by atoms with Crippen molar-refractivity contribution in [3.63, 3.8) is 0 Å². The van der Waals surface area contributed by atoms with Crippen LogP contribution in [0.3, 0.4) is 0 Å². The molecule has 0 aliphatic rings. The van der Waals surface area contributed by atoms with Gasteiger partial charge in [0, 0.05) is 13.1 Å². The summed E-state index contributed by atoms with van der Waals surface area (Å²) in [6, 6.07) is 5.52. The van der Waals surface area contributed by atoms with Crippen molar-refractivity contribution in [2.75, 3.05) is 71.0 Å². The lowest BCUT2D eigenvalue weighted by molar-refractivity contribution is -0.142. The fourth-order valence-electron chi connectivity index (χ4n) is 2.92. The zero-order valence-electron chi connectivity index (χ0n) is 19.4. The molecule has 202 valence electrons. The van der Waals surface area contributed by atoms with Gasteiger partial charge in [0.2, 0.25) is 15.9 Å². The van der Waals surface area contributed by atoms with Crippen LogP contribution in [-0.2, 0) is 38.7 Å². The van der Waals surface area contributed by atoms with Crippen LogP contribution in [0.4, 0.5) is 5.69 Å². The highest BCUT2D eigenvalue weighted by Crippen LogP contribution is 2.19. The van der Waals surface area contributed by atoms with Gasteiger partial charge in [-0.15, -0.1) is 0 Å². The Bertz CT molecular complexity index is 987. The highest BCUT2D eigenvalue weighted by Gasteiger charge is 2.18. The molecule has 0 fully saturated rings. The molecule has 15 nitrogen and oxygen atoms in total. The van der Waals surface area contributed by atoms with Gasteiger partial charge in [-0.05, 0) is 12.1 Å². The molecule has 0 spiro atoms. The summed E-state index contributed by atoms with van der Waals surface area (Å²) in [6.45, 7) is -1.15. The highest BCUT2D eigenvalue weighted by atomic mass is 32.2. The first-order valence-electron chi connectivity index (χ1n) is 10.6. The Balaban J connectivity index is 2.42. The number of carbonyl (C=O) groups is 4. The number of nitrogens with one attached hydrogen (secondary N) is 1. The fourth-order valence-corrected chi connectivity index (χ4v) is 3.62. The van der Waals surface area contributed by atoms with Crippen LogP contribution in [-0.4, -0.2) is 123 Å². The molecule has 0 aliphatic carbocycles. The van der Waals surface area contributed by atoms with Crippen LogP contribution >= 0.6 is 0 Å². The van der Waals surface area contributed by atoms with Crippen LogP contribution in [0.2, 0.25) is 0 Å². The number of benzene rings is 1. The number of aliphatic carboxylic acids is 3. The molecule has 0 radical (unpaired) electrons. The molecule has 0 saturated carbocycles. The minimum atomic E-state index is -4.08. The number of ether oxygens (including phenoxy) is 2. The van der Waals surface area contributed by atoms with Gasteiger partial charge in [-0.25, -0.2) is 13.6 Å². The number of nitrogens with two attached hydrogens (primary N) is 1. The standard InChI is InChI=1S/C20H30N4O11S/c21-36(32,33)16-4-2-1-3-15(16)22-17(25)11-23(12-18(26)27)5-7-34-9-10-35-8-6-24(13-19(28)29)14-20(30)31/h1-4H,5-14H2,(H,22,25)(H,26,27)(H,28,29)(H,30,31)(H2,21,32,33). The largest absolute Gasteiger partial charge is 0.480 e. The van der Waals surface area contributed by atoms with Gasteiger partial charge in [-0.1, -0.05) is 12.1 Å². The predicted octanol–water partition coefficient (Wildman–Crippen LogP) is -1.84. The molecular formula is C20H30N4O11S. The molecule has 0 aliphatic heterocycles. The molecule has 1 rings (SSSR count). The summed E-state index contributed by atoms with van der Waals surface area (Å²) >= 11 is 0. The second-order valence-corrected chi connectivity index (χ2v) is 8.95. The second-order valence-electron chi connectivity index (χ2n) is 7.42. The quantitative estimate of drug-likeness (QED) is 0.123. The number of para-hydroxylation sites is 1. The number of amides is 1. The van der Waals surface area contributed by atoms with Crippen molar-refractivity contribution < 1.29 is 52.4 Å². The number of anilines is 1. The monoisotopic (exact) mass is 534 g/mol. The van der Waals surface area contributed by atoms with Crippen LogP contribution in [0.15, 0.2) is 29.2 Å². The number of hydrogen-bond acceptors (Lipinski definition) is 10. The Morgan fingerprint density at radius 2 is 1.22 bits per heavy atom. The molecule has 0 bridgehead atoms. The van der Waals surface area contributed by atoms with E-state index in [0.29, 0.717) is 0 Å². The van der Waals surface area contributed by atoms with E-state index in [1.807, 2.05) is 0 Å². The molecule has 0 atom stereocenters. The third-order valence-corrected chi connectivity index (χ3v) is 5.36. The van der Waals surface area contributed by atoms with Crippen molar-refractivity contribution >= 4 is 39.5 Å². The minimum absolute atomic E-state index is 0.0288. The topological polar surface area (TPSA) is 226 Å². The first kappa shape index (κ1) is 30.9. The Labute approximate surface area is 207 Å². The summed E-state index contributed by atoms with van der Waals surface area (Å²) in [4.78, 5) is 47.2. The average Bonchev–Trinajstić information content (AvgIpc) is 2.73. The van der Waals surface area contributed by atoms with Gasteiger partial charge in [-0.3, -0.25) is 29.0 Å². The lowest BCUT2D eigenvalue weighted by Gasteiger charge is -2.20. The van der Waals surface area contributed by atoms with Crippen LogP contribution in [0.5, 0.6) is 0 Å². The molecule has 1 aromatic rings. The summed E-state index contributed by atoms with van der Waals surface area (Å²) in [7, 11) is -4.08. The van der Waals surface area contributed by atoms with Crippen molar-refractivity contribution in [3.8, 4) is 0 Å². The van der Waals surface area contributed by atoms with Gasteiger partial charge in [0.05, 0.1) is 58.3 Å². The number of carbonyl (C=O) groups excluding carboxylic acids is 1. The summed E-state index contributed by atoms with van der Waals surface area (Å²) in [5, 5.41) is 34.2. The summed E-state index contributed by atoms with van der Waals surface area (Å²) in [6.07, 6.45) is 0. The molecule has 0 aromatic heterocycles. The van der Waals surface area contributed by atoms with E-state index >= 15 is 0 Å². The molecule has 0 heterocycles. The molecule has 1 amide bonds. The predicted molar refractivity (Wildman–Crippen MR) is 124 cm³/mol. The first-order valence-corrected chi connectivity index (χ1v) is 12.1. The number of nitrogens with zero attached hydrogens (tertiary/aromatic N) is 2. The van der Waals surface area contributed by atoms with Gasteiger partial charge >= 0.3 is 17.9 Å². The summed E-state index contributed by atoms with van der Waals surface area (Å²) in [5.41, 5.74) is -0.0288. The second kappa shape index (κ2) is 15.8. The zero-order valence-corrected chi connectivity index (χ0v) is 20.2. The first-order chi connectivity index (χ1) is 16.9. The van der Waals surface area contributed by atoms with Gasteiger partial charge in [-0.2, -0.15) is 0 Å². The van der Waals surface area contributed by atoms with Crippen LogP contribution in [0.1, 0.15) is 0 Å². The normalized spacial score (nSPS) is 11.5. The molecule has 0 unspecified atom stereocenters. The van der Waals surface area contributed by atoms with Crippen LogP contribution < -0.4 is 10.5 Å². The maximum absolute atomic E-state index is 12.4. The van der Waals surface area contributed by atoms with Crippen LogP contribution in [0.25, 0.3) is 0 Å². The maximum atomic E-state index is 12.4. The minimum Gasteiger partial charge on any atom is -0.480 e. The Morgan fingerprint density at radius 1 is 0.778 bits per heavy atom. The Kier molecular flexibility index (Phi) is 13.5. The number of carboxylic acids is 3. The molecule has 16 heteroatoms. The molecule has 1 aromatic carbocycles. The average molecular weight is 535 g/mol. The molecule has 36 heavy (non-hydrogen) atoms. The van der Waals surface area contributed by atoms with E-state index in [4.69, 9.17) is 29.9 Å². The van der Waals surface area contributed by atoms with Crippen molar-refractivity contribution in [3.05, 3.63) is 24.3 Å². The number of sulfonamides is 1. The highest BCUT2D eigenvalue weighted by molar-refractivity contribution is 7.89. The van der Waals surface area contributed by atoms with E-state index < -0.39 is 53.5 Å². The van der Waals surface area contributed by atoms with E-state index in [0.717, 1.165) is 0 Å². The molecule has 0 saturated heterocycles. The molecule has 6 N–H and O–H groups in total. The van der Waals surface area contributed by atoms with E-state index in [-0.39, 0.29) is 56.6 Å². The SMILES string of the molecule is NS(=O)(=O)c1ccccc1NC(=O)CN(CCOCCOCCN(CC(=O)O)CC(=O)O)CC(=O)O. The van der Waals surface area contributed by atoms with Crippen molar-refractivity contribution in [2.45, 2.75) is 4.90 Å². The smallest absolute Gasteiger partial charge is 0.317 e. The Hall–Kier alpha value is -3.15. The van der Waals surface area contributed by atoms with Crippen LogP contribution in [0, 0.1) is 0 Å². The van der Waals surface area contributed by atoms with E-state index in [2.05, 4.69) is 5.32 Å². The van der Waals surface area contributed by atoms with Crippen molar-refractivity contribution in [1.82, 2.24) is 9.80 Å². The Morgan fingerprint density at radius 3 is 1.67 bits per heavy atom. The summed E-state index contributed by atoms with van der Waals surface area (Å²) < 4.78 is 33.9. The van der Waals surface area contributed by atoms with E-state index in [1.165, 1.54) is 34.1 Å². The zero-order chi connectivity index (χ0) is 27.1. The maximum Gasteiger partial charge on any atom is 0.317 e. The summed E-state index contributed by atoms with van der Waals surface area (Å²) in [5.74, 6) is -4.15. The van der Waals surface area contributed by atoms with Crippen molar-refractivity contribution in [1.29, 1.82) is 0 Å². The van der Waals surface area contributed by atoms with Gasteiger partial charge in [0.25, 0.3) is 0 Å². The lowest BCUT2D eigenvalue weighted by Crippen LogP contribution is -2.39. The van der Waals surface area contributed by atoms with E-state index in [1.54, 1.807) is 0 Å². The number of carboxylic acid groups (broad SMARTS) is 3. The number of rotatable bonds is 19. The van der Waals surface area contributed by atoms with Gasteiger partial charge in [0.1, 0.15) is 4.90 Å². The lowest BCUT2D eigenvalue weighted by atomic mass is 10.3. The number of primary sulfonamides is 1. The third-order valence-electron chi connectivity index (χ3n) is 4.39. The number of hydrogen-bond donors (Lipinski definition) is 5. The fraction of sp³-hybridized carbons (Fsp3) is 0.500. The van der Waals surface area contributed by atoms with Gasteiger partial charge in [0.15, 0.2) is 0 Å². The van der Waals surface area contributed by atoms with Crippen molar-refractivity contribution in [2.24, 2.45) is 5.14 Å². The van der Waals surface area contributed by atoms with Gasteiger partial charge < -0.3 is 30.1 Å².